The van der Waals surface area contributed by atoms with Gasteiger partial charge in [-0.1, -0.05) is 55.0 Å². The monoisotopic (exact) mass is 346 g/mol. The minimum atomic E-state index is 0.301. The maximum atomic E-state index is 8.87. The predicted octanol–water partition coefficient (Wildman–Crippen LogP) is 6.38. The average Bonchev–Trinajstić information content (AvgIpc) is 2.64. The van der Waals surface area contributed by atoms with Gasteiger partial charge in [0.2, 0.25) is 0 Å². The van der Waals surface area contributed by atoms with Crippen LogP contribution in [0.15, 0.2) is 53.5 Å². The third-order valence-electron chi connectivity index (χ3n) is 4.83. The van der Waals surface area contributed by atoms with E-state index in [1.54, 1.807) is 0 Å². The maximum Gasteiger partial charge on any atom is 0.0690 e. The number of aryl methyl sites for hydroxylation is 2. The van der Waals surface area contributed by atoms with Crippen LogP contribution in [0.25, 0.3) is 5.57 Å². The van der Waals surface area contributed by atoms with Crippen molar-refractivity contribution in [2.75, 3.05) is 0 Å². The number of hydrogen-bond acceptors (Lipinski definition) is 2. The van der Waals surface area contributed by atoms with Crippen LogP contribution >= 0.6 is 0 Å². The summed E-state index contributed by atoms with van der Waals surface area (Å²) in [4.78, 5) is 4.83. The zero-order valence-electron chi connectivity index (χ0n) is 16.9. The molecule has 0 spiro atoms. The number of allylic oxidation sites excluding steroid dienone is 2. The Morgan fingerprint density at radius 2 is 1.73 bits per heavy atom. The molecule has 136 valence electrons. The summed E-state index contributed by atoms with van der Waals surface area (Å²) >= 11 is 0. The Morgan fingerprint density at radius 1 is 1.08 bits per heavy atom. The van der Waals surface area contributed by atoms with E-state index in [-0.39, 0.29) is 0 Å². The standard InChI is InChI=1S/C24H30N2/c1-7-18(5)26-19(6)21-11-9-10-12-22(21)20(8-2)24(25)23-15-16(3)13-14-17(23)4/h8-15,18,25H,7H2,1-6H3/b20-8+,25-24?,26-19?. The van der Waals surface area contributed by atoms with E-state index in [1.165, 1.54) is 5.56 Å². The second kappa shape index (κ2) is 8.75. The van der Waals surface area contributed by atoms with Crippen molar-refractivity contribution in [1.82, 2.24) is 0 Å². The summed E-state index contributed by atoms with van der Waals surface area (Å²) in [7, 11) is 0. The van der Waals surface area contributed by atoms with Crippen LogP contribution in [0.4, 0.5) is 0 Å². The third-order valence-corrected chi connectivity index (χ3v) is 4.83. The van der Waals surface area contributed by atoms with Crippen molar-refractivity contribution >= 4 is 17.0 Å². The quantitative estimate of drug-likeness (QED) is 0.589. The number of benzene rings is 2. The molecule has 0 amide bonds. The molecule has 2 heteroatoms. The fourth-order valence-corrected chi connectivity index (χ4v) is 3.11. The van der Waals surface area contributed by atoms with Crippen molar-refractivity contribution in [1.29, 1.82) is 5.41 Å². The summed E-state index contributed by atoms with van der Waals surface area (Å²) in [5.41, 5.74) is 8.02. The molecule has 0 aromatic heterocycles. The van der Waals surface area contributed by atoms with E-state index in [4.69, 9.17) is 10.4 Å². The highest BCUT2D eigenvalue weighted by molar-refractivity contribution is 6.32. The Kier molecular flexibility index (Phi) is 6.68. The highest BCUT2D eigenvalue weighted by Gasteiger charge is 2.16. The summed E-state index contributed by atoms with van der Waals surface area (Å²) in [5.74, 6) is 0. The number of rotatable bonds is 6. The smallest absolute Gasteiger partial charge is 0.0690 e. The van der Waals surface area contributed by atoms with Gasteiger partial charge in [0.15, 0.2) is 0 Å². The molecule has 1 atom stereocenters. The third kappa shape index (κ3) is 4.37. The van der Waals surface area contributed by atoms with E-state index in [2.05, 4.69) is 65.0 Å². The van der Waals surface area contributed by atoms with Crippen LogP contribution in [0.5, 0.6) is 0 Å². The summed E-state index contributed by atoms with van der Waals surface area (Å²) in [5, 5.41) is 8.87. The van der Waals surface area contributed by atoms with Crippen LogP contribution in [-0.4, -0.2) is 17.5 Å². The number of nitrogens with zero attached hydrogens (tertiary/aromatic N) is 1. The number of nitrogens with one attached hydrogen (secondary N) is 1. The molecule has 0 heterocycles. The molecule has 0 saturated carbocycles. The Morgan fingerprint density at radius 3 is 2.35 bits per heavy atom. The molecule has 0 aliphatic rings. The van der Waals surface area contributed by atoms with Gasteiger partial charge >= 0.3 is 0 Å². The van der Waals surface area contributed by atoms with E-state index in [0.717, 1.165) is 40.0 Å². The molecule has 2 rings (SSSR count). The molecular weight excluding hydrogens is 316 g/mol. The van der Waals surface area contributed by atoms with Crippen LogP contribution in [0.1, 0.15) is 61.9 Å². The lowest BCUT2D eigenvalue weighted by atomic mass is 9.89. The molecule has 0 bridgehead atoms. The van der Waals surface area contributed by atoms with Crippen molar-refractivity contribution in [3.8, 4) is 0 Å². The van der Waals surface area contributed by atoms with Gasteiger partial charge in [0.25, 0.3) is 0 Å². The maximum absolute atomic E-state index is 8.87. The summed E-state index contributed by atoms with van der Waals surface area (Å²) < 4.78 is 0. The lowest BCUT2D eigenvalue weighted by molar-refractivity contribution is 0.717. The average molecular weight is 347 g/mol. The summed E-state index contributed by atoms with van der Waals surface area (Å²) in [6, 6.07) is 14.9. The second-order valence-corrected chi connectivity index (χ2v) is 6.91. The molecule has 2 aromatic carbocycles. The summed E-state index contributed by atoms with van der Waals surface area (Å²) in [6.07, 6.45) is 3.06. The SMILES string of the molecule is C/C=C(/C(=N)c1cc(C)ccc1C)c1ccccc1C(C)=NC(C)CC. The van der Waals surface area contributed by atoms with Crippen LogP contribution in [-0.2, 0) is 0 Å². The normalized spacial score (nSPS) is 13.6. The van der Waals surface area contributed by atoms with Crippen molar-refractivity contribution < 1.29 is 0 Å². The Hall–Kier alpha value is -2.48. The molecule has 0 radical (unpaired) electrons. The molecular formula is C24H30N2. The van der Waals surface area contributed by atoms with Gasteiger partial charge in [-0.05, 0) is 58.2 Å². The molecule has 0 aliphatic carbocycles. The van der Waals surface area contributed by atoms with Crippen molar-refractivity contribution in [3.05, 3.63) is 76.4 Å². The highest BCUT2D eigenvalue weighted by Crippen LogP contribution is 2.26. The molecule has 1 unspecified atom stereocenters. The zero-order valence-corrected chi connectivity index (χ0v) is 16.9. The van der Waals surface area contributed by atoms with Gasteiger partial charge < -0.3 is 0 Å². The fourth-order valence-electron chi connectivity index (χ4n) is 3.11. The van der Waals surface area contributed by atoms with Crippen molar-refractivity contribution in [3.63, 3.8) is 0 Å². The molecule has 2 nitrogen and oxygen atoms in total. The van der Waals surface area contributed by atoms with E-state index >= 15 is 0 Å². The first-order valence-corrected chi connectivity index (χ1v) is 9.36. The molecule has 26 heavy (non-hydrogen) atoms. The minimum absolute atomic E-state index is 0.301. The van der Waals surface area contributed by atoms with Gasteiger partial charge in [0.05, 0.1) is 5.71 Å². The zero-order chi connectivity index (χ0) is 19.3. The first kappa shape index (κ1) is 19.8. The van der Waals surface area contributed by atoms with Gasteiger partial charge in [-0.3, -0.25) is 10.4 Å². The van der Waals surface area contributed by atoms with Gasteiger partial charge in [-0.15, -0.1) is 0 Å². The van der Waals surface area contributed by atoms with Gasteiger partial charge in [-0.25, -0.2) is 0 Å². The lowest BCUT2D eigenvalue weighted by Gasteiger charge is -2.17. The highest BCUT2D eigenvalue weighted by atomic mass is 14.8. The van der Waals surface area contributed by atoms with Gasteiger partial charge in [-0.2, -0.15) is 0 Å². The molecule has 0 saturated heterocycles. The van der Waals surface area contributed by atoms with Crippen LogP contribution in [0, 0.1) is 19.3 Å². The van der Waals surface area contributed by atoms with E-state index in [0.29, 0.717) is 11.8 Å². The van der Waals surface area contributed by atoms with E-state index in [9.17, 15) is 0 Å². The van der Waals surface area contributed by atoms with Crippen LogP contribution < -0.4 is 0 Å². The molecule has 0 fully saturated rings. The molecule has 0 aliphatic heterocycles. The van der Waals surface area contributed by atoms with E-state index < -0.39 is 0 Å². The first-order valence-electron chi connectivity index (χ1n) is 9.36. The fraction of sp³-hybridized carbons (Fsp3) is 0.333. The molecule has 2 aromatic rings. The Labute approximate surface area is 158 Å². The molecule has 1 N–H and O–H groups in total. The first-order chi connectivity index (χ1) is 12.4. The van der Waals surface area contributed by atoms with E-state index in [1.807, 2.05) is 25.1 Å². The van der Waals surface area contributed by atoms with Gasteiger partial charge in [0, 0.05) is 28.5 Å². The van der Waals surface area contributed by atoms with Gasteiger partial charge in [0.1, 0.15) is 0 Å². The lowest BCUT2D eigenvalue weighted by Crippen LogP contribution is -2.10. The Balaban J connectivity index is 2.54. The Bertz CT molecular complexity index is 856. The number of aliphatic imine (C=N–C) groups is 1. The number of hydrogen-bond donors (Lipinski definition) is 1. The second-order valence-electron chi connectivity index (χ2n) is 6.91. The van der Waals surface area contributed by atoms with Crippen molar-refractivity contribution in [2.45, 2.75) is 54.0 Å². The largest absolute Gasteiger partial charge is 0.300 e. The summed E-state index contributed by atoms with van der Waals surface area (Å²) in [6.45, 7) is 12.5. The van der Waals surface area contributed by atoms with Crippen LogP contribution in [0.2, 0.25) is 0 Å². The predicted molar refractivity (Wildman–Crippen MR) is 115 cm³/mol. The topological polar surface area (TPSA) is 36.2 Å². The van der Waals surface area contributed by atoms with Crippen molar-refractivity contribution in [2.24, 2.45) is 4.99 Å². The minimum Gasteiger partial charge on any atom is -0.300 e. The van der Waals surface area contributed by atoms with Crippen LogP contribution in [0.3, 0.4) is 0 Å².